The van der Waals surface area contributed by atoms with Gasteiger partial charge in [-0.15, -0.1) is 0 Å². The number of hydrogen-bond acceptors (Lipinski definition) is 3. The quantitative estimate of drug-likeness (QED) is 0.935. The molecule has 1 aromatic heterocycles. The number of hydrogen-bond donors (Lipinski definition) is 1. The van der Waals surface area contributed by atoms with E-state index in [2.05, 4.69) is 26.2 Å². The molecule has 0 aliphatic rings. The molecule has 0 aliphatic carbocycles. The second-order valence-electron chi connectivity index (χ2n) is 4.62. The first kappa shape index (κ1) is 14.7. The zero-order valence-electron chi connectivity index (χ0n) is 11.4. The molecule has 1 aromatic carbocycles. The molecule has 1 unspecified atom stereocenters. The van der Waals surface area contributed by atoms with Gasteiger partial charge < -0.3 is 5.32 Å². The third kappa shape index (κ3) is 3.43. The molecule has 1 N–H and O–H groups in total. The summed E-state index contributed by atoms with van der Waals surface area (Å²) in [5, 5.41) is 2.93. The summed E-state index contributed by atoms with van der Waals surface area (Å²) in [4.78, 5) is 18.4. The molecule has 2 aromatic rings. The molecule has 4 nitrogen and oxygen atoms in total. The zero-order chi connectivity index (χ0) is 14.5. The topological polar surface area (TPSA) is 45.2 Å². The lowest BCUT2D eigenvalue weighted by Crippen LogP contribution is -2.32. The van der Waals surface area contributed by atoms with Crippen molar-refractivity contribution in [2.75, 3.05) is 19.4 Å². The number of nitrogens with one attached hydrogen (secondary N) is 1. The summed E-state index contributed by atoms with van der Waals surface area (Å²) in [6, 6.07) is 10.9. The van der Waals surface area contributed by atoms with Crippen LogP contribution >= 0.6 is 15.9 Å². The van der Waals surface area contributed by atoms with Crippen LogP contribution in [0.1, 0.15) is 11.6 Å². The smallest absolute Gasteiger partial charge is 0.246 e. The Morgan fingerprint density at radius 1 is 1.25 bits per heavy atom. The first-order valence-electron chi connectivity index (χ1n) is 6.21. The Bertz CT molecular complexity index is 587. The molecule has 0 aliphatic heterocycles. The molecule has 1 heterocycles. The van der Waals surface area contributed by atoms with E-state index >= 15 is 0 Å². The van der Waals surface area contributed by atoms with Crippen molar-refractivity contribution in [3.05, 3.63) is 58.8 Å². The van der Waals surface area contributed by atoms with Crippen molar-refractivity contribution < 1.29 is 4.79 Å². The Morgan fingerprint density at radius 3 is 2.60 bits per heavy atom. The highest BCUT2D eigenvalue weighted by atomic mass is 79.9. The predicted molar refractivity (Wildman–Crippen MR) is 83.4 cm³/mol. The number of para-hydroxylation sites is 1. The molecule has 2 rings (SSSR count). The Labute approximate surface area is 127 Å². The second-order valence-corrected chi connectivity index (χ2v) is 5.48. The standard InChI is InChI=1S/C15H16BrN3O/c1-19(2)14(11-6-5-9-17-10-11)15(20)18-13-8-4-3-7-12(13)16/h3-10,14H,1-2H3,(H,18,20). The van der Waals surface area contributed by atoms with Crippen molar-refractivity contribution in [1.29, 1.82) is 0 Å². The summed E-state index contributed by atoms with van der Waals surface area (Å²) < 4.78 is 0.858. The molecule has 0 saturated carbocycles. The van der Waals surface area contributed by atoms with Crippen LogP contribution in [0.2, 0.25) is 0 Å². The Morgan fingerprint density at radius 2 is 2.00 bits per heavy atom. The highest BCUT2D eigenvalue weighted by Crippen LogP contribution is 2.24. The predicted octanol–water partition coefficient (Wildman–Crippen LogP) is 3.09. The van der Waals surface area contributed by atoms with Crippen LogP contribution in [0.3, 0.4) is 0 Å². The van der Waals surface area contributed by atoms with Gasteiger partial charge in [-0.05, 0) is 53.8 Å². The van der Waals surface area contributed by atoms with Crippen molar-refractivity contribution >= 4 is 27.5 Å². The van der Waals surface area contributed by atoms with Crippen LogP contribution in [0.4, 0.5) is 5.69 Å². The number of nitrogens with zero attached hydrogens (tertiary/aromatic N) is 2. The maximum Gasteiger partial charge on any atom is 0.246 e. The highest BCUT2D eigenvalue weighted by Gasteiger charge is 2.23. The van der Waals surface area contributed by atoms with Gasteiger partial charge >= 0.3 is 0 Å². The van der Waals surface area contributed by atoms with Gasteiger partial charge in [-0.1, -0.05) is 18.2 Å². The molecule has 5 heteroatoms. The lowest BCUT2D eigenvalue weighted by Gasteiger charge is -2.23. The maximum absolute atomic E-state index is 12.5. The molecule has 1 atom stereocenters. The van der Waals surface area contributed by atoms with Gasteiger partial charge in [0.25, 0.3) is 0 Å². The van der Waals surface area contributed by atoms with E-state index in [1.165, 1.54) is 0 Å². The van der Waals surface area contributed by atoms with Crippen molar-refractivity contribution in [2.45, 2.75) is 6.04 Å². The molecular weight excluding hydrogens is 318 g/mol. The van der Waals surface area contributed by atoms with Crippen LogP contribution in [0.15, 0.2) is 53.3 Å². The fourth-order valence-corrected chi connectivity index (χ4v) is 2.37. The summed E-state index contributed by atoms with van der Waals surface area (Å²) >= 11 is 3.43. The van der Waals surface area contributed by atoms with Crippen LogP contribution in [0.25, 0.3) is 0 Å². The number of carbonyl (C=O) groups is 1. The summed E-state index contributed by atoms with van der Waals surface area (Å²) in [6.07, 6.45) is 3.41. The van der Waals surface area contributed by atoms with Crippen LogP contribution in [-0.2, 0) is 4.79 Å². The van der Waals surface area contributed by atoms with E-state index in [1.807, 2.05) is 55.4 Å². The fraction of sp³-hybridized carbons (Fsp3) is 0.200. The maximum atomic E-state index is 12.5. The highest BCUT2D eigenvalue weighted by molar-refractivity contribution is 9.10. The monoisotopic (exact) mass is 333 g/mol. The number of anilines is 1. The summed E-state index contributed by atoms with van der Waals surface area (Å²) in [5.41, 5.74) is 1.62. The number of carbonyl (C=O) groups excluding carboxylic acids is 1. The molecular formula is C15H16BrN3O. The molecule has 0 radical (unpaired) electrons. The lowest BCUT2D eigenvalue weighted by molar-refractivity contribution is -0.120. The van der Waals surface area contributed by atoms with Crippen molar-refractivity contribution in [3.8, 4) is 0 Å². The number of benzene rings is 1. The SMILES string of the molecule is CN(C)C(C(=O)Nc1ccccc1Br)c1cccnc1. The van der Waals surface area contributed by atoms with Gasteiger partial charge in [0.05, 0.1) is 5.69 Å². The van der Waals surface area contributed by atoms with E-state index in [1.54, 1.807) is 12.4 Å². The molecule has 104 valence electrons. The summed E-state index contributed by atoms with van der Waals surface area (Å²) in [7, 11) is 3.74. The summed E-state index contributed by atoms with van der Waals surface area (Å²) in [6.45, 7) is 0. The third-order valence-corrected chi connectivity index (χ3v) is 3.59. The van der Waals surface area contributed by atoms with E-state index in [-0.39, 0.29) is 11.9 Å². The van der Waals surface area contributed by atoms with Crippen LogP contribution < -0.4 is 5.32 Å². The molecule has 0 fully saturated rings. The zero-order valence-corrected chi connectivity index (χ0v) is 13.0. The second kappa shape index (κ2) is 6.63. The van der Waals surface area contributed by atoms with Gasteiger partial charge in [0.2, 0.25) is 5.91 Å². The first-order chi connectivity index (χ1) is 9.59. The molecule has 1 amide bonds. The van der Waals surface area contributed by atoms with Crippen LogP contribution in [0, 0.1) is 0 Å². The van der Waals surface area contributed by atoms with Crippen LogP contribution in [-0.4, -0.2) is 29.9 Å². The number of amides is 1. The van der Waals surface area contributed by atoms with E-state index < -0.39 is 0 Å². The molecule has 20 heavy (non-hydrogen) atoms. The first-order valence-corrected chi connectivity index (χ1v) is 7.00. The molecule has 0 bridgehead atoms. The third-order valence-electron chi connectivity index (χ3n) is 2.90. The van der Waals surface area contributed by atoms with Crippen LogP contribution in [0.5, 0.6) is 0 Å². The van der Waals surface area contributed by atoms with E-state index in [0.29, 0.717) is 0 Å². The lowest BCUT2D eigenvalue weighted by atomic mass is 10.1. The normalized spacial score (nSPS) is 12.2. The van der Waals surface area contributed by atoms with Gasteiger partial charge in [-0.25, -0.2) is 0 Å². The van der Waals surface area contributed by atoms with Gasteiger partial charge in [0.1, 0.15) is 6.04 Å². The summed E-state index contributed by atoms with van der Waals surface area (Å²) in [5.74, 6) is -0.0881. The van der Waals surface area contributed by atoms with E-state index in [9.17, 15) is 4.79 Å². The molecule has 0 saturated heterocycles. The Hall–Kier alpha value is -1.72. The minimum absolute atomic E-state index is 0.0881. The van der Waals surface area contributed by atoms with Gasteiger partial charge in [0, 0.05) is 16.9 Å². The Balaban J connectivity index is 2.23. The average Bonchev–Trinajstić information content (AvgIpc) is 2.42. The minimum Gasteiger partial charge on any atom is -0.323 e. The number of likely N-dealkylation sites (N-methyl/N-ethyl adjacent to an activating group) is 1. The van der Waals surface area contributed by atoms with Crippen molar-refractivity contribution in [1.82, 2.24) is 9.88 Å². The number of halogens is 1. The minimum atomic E-state index is -0.379. The van der Waals surface area contributed by atoms with Crippen molar-refractivity contribution in [3.63, 3.8) is 0 Å². The van der Waals surface area contributed by atoms with Gasteiger partial charge in [0.15, 0.2) is 0 Å². The number of aromatic nitrogens is 1. The van der Waals surface area contributed by atoms with E-state index in [4.69, 9.17) is 0 Å². The molecule has 0 spiro atoms. The number of rotatable bonds is 4. The van der Waals surface area contributed by atoms with Crippen molar-refractivity contribution in [2.24, 2.45) is 0 Å². The van der Waals surface area contributed by atoms with Gasteiger partial charge in [-0.3, -0.25) is 14.7 Å². The fourth-order valence-electron chi connectivity index (χ4n) is 1.99. The largest absolute Gasteiger partial charge is 0.323 e. The van der Waals surface area contributed by atoms with Gasteiger partial charge in [-0.2, -0.15) is 0 Å². The number of pyridine rings is 1. The Kier molecular flexibility index (Phi) is 4.87. The van der Waals surface area contributed by atoms with E-state index in [0.717, 1.165) is 15.7 Å². The average molecular weight is 334 g/mol.